The number of nitrogens with zero attached hydrogens (tertiary/aromatic N) is 1. The predicted octanol–water partition coefficient (Wildman–Crippen LogP) is 4.66. The van der Waals surface area contributed by atoms with Gasteiger partial charge in [0, 0.05) is 28.9 Å². The van der Waals surface area contributed by atoms with Crippen LogP contribution in [0.2, 0.25) is 0 Å². The summed E-state index contributed by atoms with van der Waals surface area (Å²) in [5.41, 5.74) is 2.65. The third-order valence-electron chi connectivity index (χ3n) is 5.15. The molecule has 1 aliphatic rings. The van der Waals surface area contributed by atoms with Crippen LogP contribution in [0.3, 0.4) is 0 Å². The second kappa shape index (κ2) is 8.73. The highest BCUT2D eigenvalue weighted by Gasteiger charge is 2.17. The Kier molecular flexibility index (Phi) is 5.70. The zero-order valence-electron chi connectivity index (χ0n) is 16.1. The lowest BCUT2D eigenvalue weighted by molar-refractivity contribution is 0.0927. The fraction of sp³-hybridized carbons (Fsp3) is 0.261. The molecule has 2 N–H and O–H groups in total. The Morgan fingerprint density at radius 2 is 1.62 bits per heavy atom. The molecule has 0 unspecified atom stereocenters. The van der Waals surface area contributed by atoms with Crippen molar-refractivity contribution < 1.29 is 14.1 Å². The normalized spacial score (nSPS) is 14.3. The van der Waals surface area contributed by atoms with Gasteiger partial charge in [0.2, 0.25) is 5.76 Å². The molecule has 1 fully saturated rings. The van der Waals surface area contributed by atoms with Gasteiger partial charge in [-0.25, -0.2) is 0 Å². The van der Waals surface area contributed by atoms with Gasteiger partial charge in [-0.3, -0.25) is 9.59 Å². The van der Waals surface area contributed by atoms with Crippen LogP contribution < -0.4 is 10.6 Å². The molecule has 29 heavy (non-hydrogen) atoms. The van der Waals surface area contributed by atoms with Crippen molar-refractivity contribution in [1.82, 2.24) is 10.5 Å². The summed E-state index contributed by atoms with van der Waals surface area (Å²) in [4.78, 5) is 24.8. The Morgan fingerprint density at radius 1 is 0.897 bits per heavy atom. The first-order valence-corrected chi connectivity index (χ1v) is 9.93. The van der Waals surface area contributed by atoms with Gasteiger partial charge < -0.3 is 15.2 Å². The van der Waals surface area contributed by atoms with E-state index in [0.717, 1.165) is 18.4 Å². The highest BCUT2D eigenvalue weighted by atomic mass is 16.5. The molecular weight excluding hydrogens is 366 g/mol. The predicted molar refractivity (Wildman–Crippen MR) is 111 cm³/mol. The number of aromatic nitrogens is 1. The standard InChI is InChI=1S/C23H23N3O3/c27-22(24-18-9-5-2-6-10-18)17-11-13-19(14-12-17)25-23(28)21-15-20(26-29-21)16-7-3-1-4-8-16/h1,3-4,7-8,11-15,18H,2,5-6,9-10H2,(H,24,27)(H,25,28). The smallest absolute Gasteiger partial charge is 0.294 e. The summed E-state index contributed by atoms with van der Waals surface area (Å²) >= 11 is 0. The molecule has 6 nitrogen and oxygen atoms in total. The molecule has 6 heteroatoms. The van der Waals surface area contributed by atoms with Crippen LogP contribution in [0.1, 0.15) is 53.0 Å². The van der Waals surface area contributed by atoms with Crippen molar-refractivity contribution in [3.8, 4) is 11.3 Å². The van der Waals surface area contributed by atoms with E-state index in [2.05, 4.69) is 15.8 Å². The summed E-state index contributed by atoms with van der Waals surface area (Å²) in [6, 6.07) is 18.2. The highest BCUT2D eigenvalue weighted by molar-refractivity contribution is 6.03. The van der Waals surface area contributed by atoms with Crippen molar-refractivity contribution in [2.75, 3.05) is 5.32 Å². The lowest BCUT2D eigenvalue weighted by atomic mass is 9.95. The molecule has 0 atom stereocenters. The van der Waals surface area contributed by atoms with Crippen molar-refractivity contribution in [2.24, 2.45) is 0 Å². The zero-order chi connectivity index (χ0) is 20.1. The minimum absolute atomic E-state index is 0.0717. The van der Waals surface area contributed by atoms with Gasteiger partial charge in [0.15, 0.2) is 0 Å². The maximum absolute atomic E-state index is 12.4. The Labute approximate surface area is 169 Å². The number of benzene rings is 2. The second-order valence-corrected chi connectivity index (χ2v) is 7.28. The van der Waals surface area contributed by atoms with Gasteiger partial charge in [-0.15, -0.1) is 0 Å². The molecule has 2 aromatic carbocycles. The van der Waals surface area contributed by atoms with Gasteiger partial charge in [0.05, 0.1) is 0 Å². The maximum Gasteiger partial charge on any atom is 0.294 e. The van der Waals surface area contributed by atoms with Gasteiger partial charge >= 0.3 is 0 Å². The number of carbonyl (C=O) groups excluding carboxylic acids is 2. The minimum atomic E-state index is -0.390. The van der Waals surface area contributed by atoms with E-state index < -0.39 is 0 Å². The number of carbonyl (C=O) groups is 2. The Balaban J connectivity index is 1.36. The van der Waals surface area contributed by atoms with Crippen molar-refractivity contribution in [1.29, 1.82) is 0 Å². The van der Waals surface area contributed by atoms with Gasteiger partial charge in [0.1, 0.15) is 5.69 Å². The highest BCUT2D eigenvalue weighted by Crippen LogP contribution is 2.20. The maximum atomic E-state index is 12.4. The van der Waals surface area contributed by atoms with E-state index in [1.165, 1.54) is 19.3 Å². The van der Waals surface area contributed by atoms with E-state index in [9.17, 15) is 9.59 Å². The number of hydrogen-bond acceptors (Lipinski definition) is 4. The minimum Gasteiger partial charge on any atom is -0.350 e. The SMILES string of the molecule is O=C(NC1CCCCC1)c1ccc(NC(=O)c2cc(-c3ccccc3)no2)cc1. The first-order valence-electron chi connectivity index (χ1n) is 9.93. The van der Waals surface area contributed by atoms with Crippen LogP contribution in [-0.4, -0.2) is 23.0 Å². The van der Waals surface area contributed by atoms with Crippen LogP contribution in [0.15, 0.2) is 65.2 Å². The Morgan fingerprint density at radius 3 is 2.34 bits per heavy atom. The summed E-state index contributed by atoms with van der Waals surface area (Å²) in [6.45, 7) is 0. The summed E-state index contributed by atoms with van der Waals surface area (Å²) < 4.78 is 5.17. The lowest BCUT2D eigenvalue weighted by Crippen LogP contribution is -2.36. The molecule has 0 radical (unpaired) electrons. The number of hydrogen-bond donors (Lipinski definition) is 2. The van der Waals surface area contributed by atoms with Crippen LogP contribution in [0.4, 0.5) is 5.69 Å². The number of nitrogens with one attached hydrogen (secondary N) is 2. The number of amides is 2. The molecule has 3 aromatic rings. The topological polar surface area (TPSA) is 84.2 Å². The van der Waals surface area contributed by atoms with Crippen LogP contribution in [-0.2, 0) is 0 Å². The summed E-state index contributed by atoms with van der Waals surface area (Å²) in [7, 11) is 0. The molecule has 2 amide bonds. The monoisotopic (exact) mass is 389 g/mol. The largest absolute Gasteiger partial charge is 0.350 e. The summed E-state index contributed by atoms with van der Waals surface area (Å²) in [5.74, 6) is -0.334. The molecule has 0 bridgehead atoms. The average Bonchev–Trinajstić information content (AvgIpc) is 3.26. The summed E-state index contributed by atoms with van der Waals surface area (Å²) in [6.07, 6.45) is 5.68. The quantitative estimate of drug-likeness (QED) is 0.665. The van der Waals surface area contributed by atoms with Gasteiger partial charge in [-0.2, -0.15) is 0 Å². The molecular formula is C23H23N3O3. The van der Waals surface area contributed by atoms with Gasteiger partial charge in [0.25, 0.3) is 11.8 Å². The van der Waals surface area contributed by atoms with Crippen LogP contribution in [0.5, 0.6) is 0 Å². The third-order valence-corrected chi connectivity index (χ3v) is 5.15. The van der Waals surface area contributed by atoms with Crippen LogP contribution >= 0.6 is 0 Å². The van der Waals surface area contributed by atoms with E-state index in [4.69, 9.17) is 4.52 Å². The van der Waals surface area contributed by atoms with Crippen molar-refractivity contribution in [2.45, 2.75) is 38.1 Å². The number of rotatable bonds is 5. The van der Waals surface area contributed by atoms with E-state index >= 15 is 0 Å². The van der Waals surface area contributed by atoms with Crippen LogP contribution in [0.25, 0.3) is 11.3 Å². The molecule has 1 aliphatic carbocycles. The van der Waals surface area contributed by atoms with Gasteiger partial charge in [-0.1, -0.05) is 54.8 Å². The average molecular weight is 389 g/mol. The first kappa shape index (κ1) is 18.9. The van der Waals surface area contributed by atoms with E-state index in [0.29, 0.717) is 16.9 Å². The molecule has 1 saturated carbocycles. The molecule has 1 aromatic heterocycles. The van der Waals surface area contributed by atoms with Crippen molar-refractivity contribution >= 4 is 17.5 Å². The molecule has 4 rings (SSSR count). The molecule has 0 saturated heterocycles. The van der Waals surface area contributed by atoms with E-state index in [1.54, 1.807) is 30.3 Å². The Bertz CT molecular complexity index is 974. The Hall–Kier alpha value is -3.41. The second-order valence-electron chi connectivity index (χ2n) is 7.28. The van der Waals surface area contributed by atoms with E-state index in [-0.39, 0.29) is 23.6 Å². The molecule has 148 valence electrons. The van der Waals surface area contributed by atoms with Gasteiger partial charge in [-0.05, 0) is 37.1 Å². The lowest BCUT2D eigenvalue weighted by Gasteiger charge is -2.22. The number of anilines is 1. The first-order chi connectivity index (χ1) is 14.2. The zero-order valence-corrected chi connectivity index (χ0v) is 16.1. The van der Waals surface area contributed by atoms with Crippen molar-refractivity contribution in [3.05, 3.63) is 72.0 Å². The van der Waals surface area contributed by atoms with Crippen LogP contribution in [0, 0.1) is 0 Å². The fourth-order valence-electron chi connectivity index (χ4n) is 3.54. The third kappa shape index (κ3) is 4.71. The summed E-state index contributed by atoms with van der Waals surface area (Å²) in [5, 5.41) is 9.81. The molecule has 0 spiro atoms. The fourth-order valence-corrected chi connectivity index (χ4v) is 3.54. The molecule has 1 heterocycles. The van der Waals surface area contributed by atoms with E-state index in [1.807, 2.05) is 30.3 Å². The van der Waals surface area contributed by atoms with Crippen molar-refractivity contribution in [3.63, 3.8) is 0 Å². The molecule has 0 aliphatic heterocycles.